The fourth-order valence-electron chi connectivity index (χ4n) is 1.74. The van der Waals surface area contributed by atoms with E-state index in [1.54, 1.807) is 18.2 Å². The molecule has 20 heavy (non-hydrogen) atoms. The van der Waals surface area contributed by atoms with Crippen LogP contribution in [0, 0.1) is 0 Å². The third-order valence-electron chi connectivity index (χ3n) is 2.84. The van der Waals surface area contributed by atoms with Crippen molar-refractivity contribution in [3.05, 3.63) is 29.3 Å². The Morgan fingerprint density at radius 3 is 2.65 bits per heavy atom. The van der Waals surface area contributed by atoms with Gasteiger partial charge in [0.2, 0.25) is 0 Å². The van der Waals surface area contributed by atoms with Gasteiger partial charge in [-0.15, -0.1) is 0 Å². The lowest BCUT2D eigenvalue weighted by molar-refractivity contribution is 0.0387. The highest BCUT2D eigenvalue weighted by Crippen LogP contribution is 2.19. The van der Waals surface area contributed by atoms with Crippen molar-refractivity contribution in [2.24, 2.45) is 0 Å². The van der Waals surface area contributed by atoms with E-state index in [-0.39, 0.29) is 0 Å². The van der Waals surface area contributed by atoms with Gasteiger partial charge in [0.25, 0.3) is 0 Å². The molecule has 0 saturated carbocycles. The standard InChI is InChI=1S/C15H23NO4/c1-3-4-8-19-9-10-20-11-12-6-5-7-13(16)14(12)15(17)18-2/h5-7H,3-4,8-11,16H2,1-2H3. The largest absolute Gasteiger partial charge is 0.465 e. The second-order valence-electron chi connectivity index (χ2n) is 4.39. The molecule has 0 aliphatic rings. The van der Waals surface area contributed by atoms with Gasteiger partial charge in [0, 0.05) is 12.3 Å². The second kappa shape index (κ2) is 9.34. The zero-order valence-electron chi connectivity index (χ0n) is 12.2. The molecule has 1 aromatic rings. The topological polar surface area (TPSA) is 70.8 Å². The van der Waals surface area contributed by atoms with E-state index in [1.165, 1.54) is 7.11 Å². The van der Waals surface area contributed by atoms with Gasteiger partial charge in [-0.05, 0) is 18.1 Å². The summed E-state index contributed by atoms with van der Waals surface area (Å²) in [5, 5.41) is 0. The first kappa shape index (κ1) is 16.5. The molecular weight excluding hydrogens is 258 g/mol. The SMILES string of the molecule is CCCCOCCOCc1cccc(N)c1C(=O)OC. The summed E-state index contributed by atoms with van der Waals surface area (Å²) in [6.07, 6.45) is 2.17. The zero-order valence-corrected chi connectivity index (χ0v) is 12.2. The van der Waals surface area contributed by atoms with Gasteiger partial charge in [0.15, 0.2) is 0 Å². The Morgan fingerprint density at radius 2 is 1.95 bits per heavy atom. The first-order valence-corrected chi connectivity index (χ1v) is 6.81. The lowest BCUT2D eigenvalue weighted by Crippen LogP contribution is -2.11. The molecule has 5 heteroatoms. The quantitative estimate of drug-likeness (QED) is 0.427. The lowest BCUT2D eigenvalue weighted by Gasteiger charge is -2.11. The number of unbranched alkanes of at least 4 members (excludes halogenated alkanes) is 1. The van der Waals surface area contributed by atoms with Crippen LogP contribution in [-0.4, -0.2) is 32.9 Å². The van der Waals surface area contributed by atoms with E-state index in [0.29, 0.717) is 31.1 Å². The Labute approximate surface area is 120 Å². The normalized spacial score (nSPS) is 10.5. The van der Waals surface area contributed by atoms with Crippen molar-refractivity contribution < 1.29 is 19.0 Å². The highest BCUT2D eigenvalue weighted by Gasteiger charge is 2.15. The van der Waals surface area contributed by atoms with E-state index >= 15 is 0 Å². The van der Waals surface area contributed by atoms with Crippen LogP contribution in [0.2, 0.25) is 0 Å². The Bertz CT molecular complexity index is 420. The number of carbonyl (C=O) groups is 1. The molecule has 0 radical (unpaired) electrons. The number of carbonyl (C=O) groups excluding carboxylic acids is 1. The average molecular weight is 281 g/mol. The summed E-state index contributed by atoms with van der Waals surface area (Å²) in [5.74, 6) is -0.444. The predicted molar refractivity (Wildman–Crippen MR) is 77.6 cm³/mol. The van der Waals surface area contributed by atoms with Crippen molar-refractivity contribution in [3.63, 3.8) is 0 Å². The number of benzene rings is 1. The maximum absolute atomic E-state index is 11.7. The molecule has 0 fully saturated rings. The molecule has 0 saturated heterocycles. The van der Waals surface area contributed by atoms with Gasteiger partial charge in [-0.1, -0.05) is 25.5 Å². The smallest absolute Gasteiger partial charge is 0.340 e. The summed E-state index contributed by atoms with van der Waals surface area (Å²) in [4.78, 5) is 11.7. The number of nitrogens with two attached hydrogens (primary N) is 1. The molecule has 0 heterocycles. The molecular formula is C15H23NO4. The summed E-state index contributed by atoms with van der Waals surface area (Å²) in [7, 11) is 1.33. The number of nitrogen functional groups attached to an aromatic ring is 1. The second-order valence-corrected chi connectivity index (χ2v) is 4.39. The van der Waals surface area contributed by atoms with Crippen LogP contribution in [-0.2, 0) is 20.8 Å². The molecule has 2 N–H and O–H groups in total. The first-order valence-electron chi connectivity index (χ1n) is 6.81. The van der Waals surface area contributed by atoms with Crippen molar-refractivity contribution in [2.45, 2.75) is 26.4 Å². The van der Waals surface area contributed by atoms with E-state index < -0.39 is 5.97 Å². The molecule has 5 nitrogen and oxygen atoms in total. The van der Waals surface area contributed by atoms with Gasteiger partial charge in [0.1, 0.15) is 0 Å². The van der Waals surface area contributed by atoms with Gasteiger partial charge >= 0.3 is 5.97 Å². The Kier molecular flexibility index (Phi) is 7.69. The van der Waals surface area contributed by atoms with Crippen LogP contribution in [0.1, 0.15) is 35.7 Å². The van der Waals surface area contributed by atoms with Crippen LogP contribution < -0.4 is 5.73 Å². The molecule has 0 bridgehead atoms. The van der Waals surface area contributed by atoms with Gasteiger partial charge in [0.05, 0.1) is 32.5 Å². The Morgan fingerprint density at radius 1 is 1.20 bits per heavy atom. The minimum absolute atomic E-state index is 0.312. The Balaban J connectivity index is 2.44. The monoisotopic (exact) mass is 281 g/mol. The van der Waals surface area contributed by atoms with Gasteiger partial charge in [-0.3, -0.25) is 0 Å². The zero-order chi connectivity index (χ0) is 14.8. The van der Waals surface area contributed by atoms with Crippen molar-refractivity contribution >= 4 is 11.7 Å². The maximum atomic E-state index is 11.7. The fourth-order valence-corrected chi connectivity index (χ4v) is 1.74. The summed E-state index contributed by atoms with van der Waals surface area (Å²) in [6, 6.07) is 5.27. The van der Waals surface area contributed by atoms with Crippen LogP contribution in [0.25, 0.3) is 0 Å². The number of hydrogen-bond donors (Lipinski definition) is 1. The summed E-state index contributed by atoms with van der Waals surface area (Å²) in [6.45, 7) is 4.22. The minimum atomic E-state index is -0.444. The lowest BCUT2D eigenvalue weighted by atomic mass is 10.1. The number of rotatable bonds is 9. The molecule has 0 unspecified atom stereocenters. The summed E-state index contributed by atoms with van der Waals surface area (Å²) in [5.41, 5.74) is 7.31. The molecule has 0 atom stereocenters. The number of ether oxygens (including phenoxy) is 3. The van der Waals surface area contributed by atoms with Crippen molar-refractivity contribution in [1.29, 1.82) is 0 Å². The van der Waals surface area contributed by atoms with E-state index in [2.05, 4.69) is 6.92 Å². The van der Waals surface area contributed by atoms with E-state index in [9.17, 15) is 4.79 Å². The summed E-state index contributed by atoms with van der Waals surface area (Å²) >= 11 is 0. The third-order valence-corrected chi connectivity index (χ3v) is 2.84. The highest BCUT2D eigenvalue weighted by atomic mass is 16.5. The van der Waals surface area contributed by atoms with Crippen LogP contribution in [0.3, 0.4) is 0 Å². The molecule has 1 rings (SSSR count). The van der Waals surface area contributed by atoms with E-state index in [0.717, 1.165) is 25.0 Å². The van der Waals surface area contributed by atoms with Crippen LogP contribution >= 0.6 is 0 Å². The number of esters is 1. The summed E-state index contributed by atoms with van der Waals surface area (Å²) < 4.78 is 15.6. The van der Waals surface area contributed by atoms with Crippen molar-refractivity contribution in [2.75, 3.05) is 32.7 Å². The molecule has 0 aliphatic carbocycles. The van der Waals surface area contributed by atoms with Crippen LogP contribution in [0.15, 0.2) is 18.2 Å². The number of hydrogen-bond acceptors (Lipinski definition) is 5. The van der Waals surface area contributed by atoms with E-state index in [1.807, 2.05) is 0 Å². The van der Waals surface area contributed by atoms with Crippen molar-refractivity contribution in [3.8, 4) is 0 Å². The van der Waals surface area contributed by atoms with Crippen molar-refractivity contribution in [1.82, 2.24) is 0 Å². The van der Waals surface area contributed by atoms with Crippen LogP contribution in [0.4, 0.5) is 5.69 Å². The third kappa shape index (κ3) is 5.19. The highest BCUT2D eigenvalue weighted by molar-refractivity contribution is 5.96. The minimum Gasteiger partial charge on any atom is -0.465 e. The predicted octanol–water partition coefficient (Wildman–Crippen LogP) is 2.39. The maximum Gasteiger partial charge on any atom is 0.340 e. The molecule has 0 spiro atoms. The van der Waals surface area contributed by atoms with E-state index in [4.69, 9.17) is 19.9 Å². The molecule has 0 aromatic heterocycles. The molecule has 0 amide bonds. The molecule has 112 valence electrons. The first-order chi connectivity index (χ1) is 9.70. The van der Waals surface area contributed by atoms with Gasteiger partial charge in [-0.25, -0.2) is 4.79 Å². The van der Waals surface area contributed by atoms with Gasteiger partial charge < -0.3 is 19.9 Å². The molecule has 1 aromatic carbocycles. The molecule has 0 aliphatic heterocycles. The number of anilines is 1. The number of methoxy groups -OCH3 is 1. The Hall–Kier alpha value is -1.59. The fraction of sp³-hybridized carbons (Fsp3) is 0.533. The average Bonchev–Trinajstić information content (AvgIpc) is 2.45. The van der Waals surface area contributed by atoms with Crippen LogP contribution in [0.5, 0.6) is 0 Å². The van der Waals surface area contributed by atoms with Gasteiger partial charge in [-0.2, -0.15) is 0 Å².